The van der Waals surface area contributed by atoms with Gasteiger partial charge in [-0.2, -0.15) is 0 Å². The van der Waals surface area contributed by atoms with Crippen LogP contribution < -0.4 is 9.80 Å². The maximum absolute atomic E-state index is 2.63. The molecule has 3 heterocycles. The molecule has 56 heavy (non-hydrogen) atoms. The van der Waals surface area contributed by atoms with Crippen molar-refractivity contribution in [3.8, 4) is 22.3 Å². The number of thiophene rings is 1. The number of fused-ring (bicyclic) bond motifs is 7. The SMILES string of the molecule is C1=CC(c2ccc(N(c3ccc(-c4ccccc4)cc3)c3cccc(-c4ccc(N5c6c(sc7ccccc67)C6Sc7ccccc7C65)cc4)c3)cc2)=CCC1. The average molecular weight is 755 g/mol. The number of rotatable bonds is 7. The van der Waals surface area contributed by atoms with E-state index in [0.29, 0.717) is 5.25 Å². The molecule has 2 nitrogen and oxygen atoms in total. The molecule has 0 saturated heterocycles. The normalized spacial score (nSPS) is 16.7. The largest absolute Gasteiger partial charge is 0.331 e. The van der Waals surface area contributed by atoms with E-state index in [0.717, 1.165) is 29.9 Å². The minimum absolute atomic E-state index is 0.287. The minimum atomic E-state index is 0.287. The highest BCUT2D eigenvalue weighted by Crippen LogP contribution is 2.67. The molecule has 2 atom stereocenters. The zero-order chi connectivity index (χ0) is 37.0. The number of allylic oxidation sites excluding steroid dienone is 4. The monoisotopic (exact) mass is 754 g/mol. The van der Waals surface area contributed by atoms with Crippen LogP contribution in [0, 0.1) is 0 Å². The van der Waals surface area contributed by atoms with Gasteiger partial charge < -0.3 is 9.80 Å². The van der Waals surface area contributed by atoms with Crippen LogP contribution in [0.3, 0.4) is 0 Å². The van der Waals surface area contributed by atoms with Crippen LogP contribution in [0.15, 0.2) is 199 Å². The summed E-state index contributed by atoms with van der Waals surface area (Å²) < 4.78 is 1.36. The van der Waals surface area contributed by atoms with Gasteiger partial charge in [0.1, 0.15) is 0 Å². The zero-order valence-electron chi connectivity index (χ0n) is 30.8. The van der Waals surface area contributed by atoms with Gasteiger partial charge in [0.2, 0.25) is 0 Å². The van der Waals surface area contributed by atoms with E-state index in [-0.39, 0.29) is 6.04 Å². The summed E-state index contributed by atoms with van der Waals surface area (Å²) in [6.07, 6.45) is 9.09. The number of hydrogen-bond donors (Lipinski definition) is 0. The van der Waals surface area contributed by atoms with Gasteiger partial charge in [0, 0.05) is 42.6 Å². The highest BCUT2D eigenvalue weighted by Gasteiger charge is 2.48. The molecule has 7 aromatic carbocycles. The van der Waals surface area contributed by atoms with Gasteiger partial charge >= 0.3 is 0 Å². The van der Waals surface area contributed by atoms with Gasteiger partial charge in [-0.3, -0.25) is 0 Å². The van der Waals surface area contributed by atoms with Crippen molar-refractivity contribution in [2.75, 3.05) is 9.80 Å². The van der Waals surface area contributed by atoms with E-state index in [4.69, 9.17) is 0 Å². The fourth-order valence-corrected chi connectivity index (χ4v) is 11.6. The summed E-state index contributed by atoms with van der Waals surface area (Å²) >= 11 is 4.00. The lowest BCUT2D eigenvalue weighted by molar-refractivity contribution is 0.741. The molecule has 0 bridgehead atoms. The summed E-state index contributed by atoms with van der Waals surface area (Å²) in [7, 11) is 0. The van der Waals surface area contributed by atoms with Crippen LogP contribution in [0.1, 0.15) is 40.1 Å². The third kappa shape index (κ3) is 5.71. The summed E-state index contributed by atoms with van der Waals surface area (Å²) in [5.41, 5.74) is 14.8. The second-order valence-electron chi connectivity index (χ2n) is 14.7. The van der Waals surface area contributed by atoms with E-state index >= 15 is 0 Å². The molecule has 0 fully saturated rings. The Bertz CT molecular complexity index is 2780. The Morgan fingerprint density at radius 2 is 1.20 bits per heavy atom. The number of thioether (sulfide) groups is 1. The molecule has 0 saturated carbocycles. The van der Waals surface area contributed by atoms with Crippen molar-refractivity contribution in [3.63, 3.8) is 0 Å². The lowest BCUT2D eigenvalue weighted by Gasteiger charge is -2.28. The highest BCUT2D eigenvalue weighted by molar-refractivity contribution is 8.00. The highest BCUT2D eigenvalue weighted by atomic mass is 32.2. The molecule has 1 aliphatic carbocycles. The minimum Gasteiger partial charge on any atom is -0.331 e. The molecular formula is C52H38N2S2. The molecule has 3 aliphatic rings. The predicted molar refractivity (Wildman–Crippen MR) is 240 cm³/mol. The molecule has 8 aromatic rings. The summed E-state index contributed by atoms with van der Waals surface area (Å²) in [5, 5.41) is 1.75. The fourth-order valence-electron chi connectivity index (χ4n) is 8.74. The molecular weight excluding hydrogens is 717 g/mol. The van der Waals surface area contributed by atoms with Crippen molar-refractivity contribution < 1.29 is 0 Å². The van der Waals surface area contributed by atoms with Crippen LogP contribution in [0.2, 0.25) is 0 Å². The first kappa shape index (κ1) is 33.3. The Morgan fingerprint density at radius 1 is 0.536 bits per heavy atom. The molecule has 11 rings (SSSR count). The van der Waals surface area contributed by atoms with Gasteiger partial charge in [-0.25, -0.2) is 0 Å². The van der Waals surface area contributed by atoms with Crippen LogP contribution in [0.5, 0.6) is 0 Å². The van der Waals surface area contributed by atoms with Gasteiger partial charge in [0.05, 0.1) is 17.0 Å². The Hall–Kier alpha value is -6.07. The second kappa shape index (κ2) is 13.9. The summed E-state index contributed by atoms with van der Waals surface area (Å²) in [4.78, 5) is 7.90. The molecule has 2 aliphatic heterocycles. The van der Waals surface area contributed by atoms with Gasteiger partial charge in [-0.05, 0) is 112 Å². The van der Waals surface area contributed by atoms with Crippen LogP contribution in [-0.2, 0) is 0 Å². The number of nitrogens with zero attached hydrogens (tertiary/aromatic N) is 2. The molecule has 1 aromatic heterocycles. The van der Waals surface area contributed by atoms with E-state index < -0.39 is 0 Å². The van der Waals surface area contributed by atoms with Crippen LogP contribution in [0.25, 0.3) is 37.9 Å². The van der Waals surface area contributed by atoms with Gasteiger partial charge in [0.15, 0.2) is 0 Å². The Labute approximate surface area is 336 Å². The number of benzene rings is 7. The lowest BCUT2D eigenvalue weighted by Crippen LogP contribution is -2.19. The van der Waals surface area contributed by atoms with E-state index in [1.165, 1.54) is 70.2 Å². The smallest absolute Gasteiger partial charge is 0.0774 e. The van der Waals surface area contributed by atoms with Crippen LogP contribution in [-0.4, -0.2) is 0 Å². The Morgan fingerprint density at radius 3 is 1.98 bits per heavy atom. The molecule has 4 heteroatoms. The van der Waals surface area contributed by atoms with Crippen molar-refractivity contribution in [2.24, 2.45) is 0 Å². The van der Waals surface area contributed by atoms with Gasteiger partial charge in [0.25, 0.3) is 0 Å². The lowest BCUT2D eigenvalue weighted by atomic mass is 9.99. The van der Waals surface area contributed by atoms with Crippen molar-refractivity contribution >= 4 is 67.2 Å². The van der Waals surface area contributed by atoms with E-state index in [1.807, 2.05) is 23.1 Å². The molecule has 0 radical (unpaired) electrons. The first-order valence-electron chi connectivity index (χ1n) is 19.5. The van der Waals surface area contributed by atoms with E-state index in [1.54, 1.807) is 0 Å². The molecule has 0 spiro atoms. The van der Waals surface area contributed by atoms with Crippen LogP contribution >= 0.6 is 23.1 Å². The fraction of sp³-hybridized carbons (Fsp3) is 0.0769. The Balaban J connectivity index is 0.961. The standard InChI is InChI=1S/C52H38N2S2/c1-3-12-35(13-4-1)37-22-28-41(29-23-37)53(42-30-24-38(25-31-42)36-14-5-2-6-15-36)44-17-11-16-40(34-44)39-26-32-43(33-27-39)54-49-45-18-7-9-20-47(45)55-51(49)52-50(54)46-19-8-10-21-48(46)56-52/h1,3-5,7-34,49,51H,2,6H2. The molecule has 2 unspecified atom stereocenters. The van der Waals surface area contributed by atoms with Crippen molar-refractivity contribution in [3.05, 3.63) is 210 Å². The maximum Gasteiger partial charge on any atom is 0.0774 e. The average Bonchev–Trinajstić information content (AvgIpc) is 3.94. The van der Waals surface area contributed by atoms with Crippen molar-refractivity contribution in [1.82, 2.24) is 0 Å². The summed E-state index contributed by atoms with van der Waals surface area (Å²) in [5.74, 6) is 0. The first-order valence-corrected chi connectivity index (χ1v) is 21.2. The molecule has 0 N–H and O–H groups in total. The number of hydrogen-bond acceptors (Lipinski definition) is 4. The maximum atomic E-state index is 2.63. The summed E-state index contributed by atoms with van der Waals surface area (Å²) in [6, 6.07) is 65.1. The summed E-state index contributed by atoms with van der Waals surface area (Å²) in [6.45, 7) is 0. The third-order valence-electron chi connectivity index (χ3n) is 11.4. The first-order chi connectivity index (χ1) is 27.8. The topological polar surface area (TPSA) is 6.48 Å². The van der Waals surface area contributed by atoms with Crippen molar-refractivity contribution in [1.29, 1.82) is 0 Å². The zero-order valence-corrected chi connectivity index (χ0v) is 32.4. The molecule has 268 valence electrons. The van der Waals surface area contributed by atoms with Crippen LogP contribution in [0.4, 0.5) is 28.4 Å². The van der Waals surface area contributed by atoms with E-state index in [9.17, 15) is 0 Å². The quantitative estimate of drug-likeness (QED) is 0.160. The van der Waals surface area contributed by atoms with E-state index in [2.05, 4.69) is 204 Å². The number of anilines is 5. The van der Waals surface area contributed by atoms with Crippen molar-refractivity contribution in [2.45, 2.75) is 29.0 Å². The second-order valence-corrected chi connectivity index (χ2v) is 17.0. The third-order valence-corrected chi connectivity index (χ3v) is 14.2. The molecule has 0 amide bonds. The predicted octanol–water partition coefficient (Wildman–Crippen LogP) is 15.5. The van der Waals surface area contributed by atoms with Gasteiger partial charge in [-0.1, -0.05) is 133 Å². The van der Waals surface area contributed by atoms with Gasteiger partial charge in [-0.15, -0.1) is 23.1 Å². The Kier molecular flexibility index (Phi) is 8.26.